The third kappa shape index (κ3) is 4.80. The van der Waals surface area contributed by atoms with Crippen LogP contribution in [0.25, 0.3) is 0 Å². The van der Waals surface area contributed by atoms with Crippen molar-refractivity contribution in [3.63, 3.8) is 0 Å². The van der Waals surface area contributed by atoms with E-state index in [1.54, 1.807) is 6.92 Å². The monoisotopic (exact) mass is 411 g/mol. The molecule has 1 aliphatic heterocycles. The summed E-state index contributed by atoms with van der Waals surface area (Å²) in [5.74, 6) is -1.22. The molecule has 30 heavy (non-hydrogen) atoms. The predicted octanol–water partition coefficient (Wildman–Crippen LogP) is 2.58. The maximum absolute atomic E-state index is 12.7. The highest BCUT2D eigenvalue weighted by molar-refractivity contribution is 6.08. The summed E-state index contributed by atoms with van der Waals surface area (Å²) in [4.78, 5) is 48.1. The number of hydrogen-bond acceptors (Lipinski definition) is 6. The van der Waals surface area contributed by atoms with E-state index in [4.69, 9.17) is 4.74 Å². The van der Waals surface area contributed by atoms with E-state index in [0.717, 1.165) is 10.5 Å². The van der Waals surface area contributed by atoms with Crippen LogP contribution in [0.5, 0.6) is 0 Å². The number of nitrogens with one attached hydrogen (secondary N) is 1. The maximum atomic E-state index is 12.7. The summed E-state index contributed by atoms with van der Waals surface area (Å²) in [7, 11) is 0. The zero-order chi connectivity index (χ0) is 21.7. The van der Waals surface area contributed by atoms with Crippen molar-refractivity contribution in [2.75, 3.05) is 6.54 Å². The number of nitro benzene ring substituents is 1. The van der Waals surface area contributed by atoms with Gasteiger partial charge in [-0.3, -0.25) is 24.6 Å². The first-order valence-electron chi connectivity index (χ1n) is 9.35. The summed E-state index contributed by atoms with van der Waals surface area (Å²) in [6.45, 7) is 1.02. The lowest BCUT2D eigenvalue weighted by atomic mass is 9.93. The Morgan fingerprint density at radius 3 is 2.40 bits per heavy atom. The van der Waals surface area contributed by atoms with Crippen molar-refractivity contribution >= 4 is 23.6 Å². The lowest BCUT2D eigenvalue weighted by Crippen LogP contribution is -2.44. The molecule has 1 N–H and O–H groups in total. The van der Waals surface area contributed by atoms with E-state index in [-0.39, 0.29) is 12.3 Å². The van der Waals surface area contributed by atoms with Crippen molar-refractivity contribution < 1.29 is 24.0 Å². The first-order valence-corrected chi connectivity index (χ1v) is 9.35. The molecule has 0 aromatic heterocycles. The first-order chi connectivity index (χ1) is 14.3. The molecule has 9 nitrogen and oxygen atoms in total. The molecule has 0 radical (unpaired) electrons. The second-order valence-corrected chi connectivity index (χ2v) is 7.22. The van der Waals surface area contributed by atoms with Gasteiger partial charge in [0.1, 0.15) is 18.7 Å². The molecule has 9 heteroatoms. The van der Waals surface area contributed by atoms with E-state index >= 15 is 0 Å². The molecule has 1 heterocycles. The largest absolute Gasteiger partial charge is 0.459 e. The average molecular weight is 411 g/mol. The number of imide groups is 1. The molecular formula is C21H21N3O6. The summed E-state index contributed by atoms with van der Waals surface area (Å²) in [6, 6.07) is 14.5. The fourth-order valence-electron chi connectivity index (χ4n) is 3.15. The Hall–Kier alpha value is -3.75. The number of carbonyl (C=O) groups excluding carboxylic acids is 3. The zero-order valence-corrected chi connectivity index (χ0v) is 16.4. The van der Waals surface area contributed by atoms with Crippen molar-refractivity contribution in [2.45, 2.75) is 31.9 Å². The highest BCUT2D eigenvalue weighted by atomic mass is 16.6. The third-order valence-electron chi connectivity index (χ3n) is 4.94. The second-order valence-electron chi connectivity index (χ2n) is 7.22. The number of carbonyl (C=O) groups is 3. The van der Waals surface area contributed by atoms with Crippen LogP contribution in [0.15, 0.2) is 54.6 Å². The molecule has 0 bridgehead atoms. The van der Waals surface area contributed by atoms with Crippen molar-refractivity contribution in [1.29, 1.82) is 0 Å². The van der Waals surface area contributed by atoms with E-state index in [1.165, 1.54) is 24.3 Å². The Labute approximate surface area is 172 Å². The Morgan fingerprint density at radius 1 is 1.10 bits per heavy atom. The van der Waals surface area contributed by atoms with E-state index in [9.17, 15) is 24.5 Å². The van der Waals surface area contributed by atoms with Crippen LogP contribution in [0.3, 0.4) is 0 Å². The van der Waals surface area contributed by atoms with Crippen molar-refractivity contribution in [1.82, 2.24) is 10.2 Å². The summed E-state index contributed by atoms with van der Waals surface area (Å²) < 4.78 is 5.10. The molecule has 3 rings (SSSR count). The number of urea groups is 1. The Balaban J connectivity index is 1.54. The highest BCUT2D eigenvalue weighted by Gasteiger charge is 2.48. The molecule has 156 valence electrons. The molecule has 0 saturated carbocycles. The minimum Gasteiger partial charge on any atom is -0.459 e. The summed E-state index contributed by atoms with van der Waals surface area (Å²) in [5.41, 5.74) is 0.436. The van der Waals surface area contributed by atoms with Crippen LogP contribution in [-0.4, -0.2) is 39.8 Å². The van der Waals surface area contributed by atoms with Gasteiger partial charge >= 0.3 is 12.0 Å². The lowest BCUT2D eigenvalue weighted by Gasteiger charge is -2.21. The molecule has 2 aromatic carbocycles. The summed E-state index contributed by atoms with van der Waals surface area (Å²) in [6.07, 6.45) is 0.998. The van der Waals surface area contributed by atoms with Gasteiger partial charge in [0.05, 0.1) is 4.92 Å². The van der Waals surface area contributed by atoms with Gasteiger partial charge in [-0.2, -0.15) is 0 Å². The fourth-order valence-corrected chi connectivity index (χ4v) is 3.15. The maximum Gasteiger partial charge on any atom is 0.326 e. The summed E-state index contributed by atoms with van der Waals surface area (Å²) in [5, 5.41) is 13.3. The number of aryl methyl sites for hydroxylation is 1. The number of nitro groups is 1. The third-order valence-corrected chi connectivity index (χ3v) is 4.94. The average Bonchev–Trinajstić information content (AvgIpc) is 2.95. The van der Waals surface area contributed by atoms with Crippen LogP contribution in [0, 0.1) is 10.1 Å². The topological polar surface area (TPSA) is 119 Å². The number of ether oxygens (including phenoxy) is 1. The van der Waals surface area contributed by atoms with E-state index < -0.39 is 34.9 Å². The lowest BCUT2D eigenvalue weighted by molar-refractivity contribution is -0.384. The van der Waals surface area contributed by atoms with Gasteiger partial charge in [0.2, 0.25) is 0 Å². The van der Waals surface area contributed by atoms with Crippen LogP contribution in [0.2, 0.25) is 0 Å². The standard InChI is InChI=1S/C21H21N3O6/c1-21(12-11-15-5-3-2-4-6-15)19(26)23(20(27)22-21)13-18(25)30-14-16-7-9-17(10-8-16)24(28)29/h2-10H,11-14H2,1H3,(H,22,27)/t21-/m0/s1. The number of nitrogens with zero attached hydrogens (tertiary/aromatic N) is 2. The van der Waals surface area contributed by atoms with Gasteiger partial charge in [-0.1, -0.05) is 30.3 Å². The number of amides is 3. The molecule has 3 amide bonds. The highest BCUT2D eigenvalue weighted by Crippen LogP contribution is 2.23. The molecule has 0 spiro atoms. The quantitative estimate of drug-likeness (QED) is 0.309. The van der Waals surface area contributed by atoms with Gasteiger partial charge in [-0.05, 0) is 43.0 Å². The van der Waals surface area contributed by atoms with Crippen LogP contribution in [0.4, 0.5) is 10.5 Å². The van der Waals surface area contributed by atoms with Gasteiger partial charge in [-0.25, -0.2) is 4.79 Å². The molecule has 1 saturated heterocycles. The van der Waals surface area contributed by atoms with Crippen LogP contribution < -0.4 is 5.32 Å². The number of hydrogen-bond donors (Lipinski definition) is 1. The molecule has 1 fully saturated rings. The van der Waals surface area contributed by atoms with E-state index in [1.807, 2.05) is 30.3 Å². The smallest absolute Gasteiger partial charge is 0.326 e. The number of non-ortho nitro benzene ring substituents is 1. The Kier molecular flexibility index (Phi) is 6.10. The zero-order valence-electron chi connectivity index (χ0n) is 16.4. The van der Waals surface area contributed by atoms with Gasteiger partial charge in [-0.15, -0.1) is 0 Å². The minimum atomic E-state index is -1.09. The molecule has 2 aromatic rings. The molecular weight excluding hydrogens is 390 g/mol. The van der Waals surface area contributed by atoms with E-state index in [2.05, 4.69) is 5.32 Å². The van der Waals surface area contributed by atoms with Crippen molar-refractivity contribution in [3.8, 4) is 0 Å². The molecule has 1 atom stereocenters. The minimum absolute atomic E-state index is 0.0702. The summed E-state index contributed by atoms with van der Waals surface area (Å²) >= 11 is 0. The Morgan fingerprint density at radius 2 is 1.77 bits per heavy atom. The fraction of sp³-hybridized carbons (Fsp3) is 0.286. The SMILES string of the molecule is C[C@@]1(CCc2ccccc2)NC(=O)N(CC(=O)OCc2ccc([N+](=O)[O-])cc2)C1=O. The van der Waals surface area contributed by atoms with Crippen LogP contribution >= 0.6 is 0 Å². The van der Waals surface area contributed by atoms with Crippen molar-refractivity contribution in [3.05, 3.63) is 75.8 Å². The van der Waals surface area contributed by atoms with Crippen molar-refractivity contribution in [2.24, 2.45) is 0 Å². The van der Waals surface area contributed by atoms with E-state index in [0.29, 0.717) is 18.4 Å². The first kappa shape index (κ1) is 21.0. The van der Waals surface area contributed by atoms with Gasteiger partial charge in [0, 0.05) is 12.1 Å². The second kappa shape index (κ2) is 8.73. The molecule has 0 aliphatic carbocycles. The van der Waals surface area contributed by atoms with Gasteiger partial charge in [0.15, 0.2) is 0 Å². The predicted molar refractivity (Wildman–Crippen MR) is 106 cm³/mol. The van der Waals surface area contributed by atoms with Crippen LogP contribution in [0.1, 0.15) is 24.5 Å². The molecule has 1 aliphatic rings. The van der Waals surface area contributed by atoms with Crippen LogP contribution in [-0.2, 0) is 27.4 Å². The molecule has 0 unspecified atom stereocenters. The number of rotatable bonds is 8. The Bertz CT molecular complexity index is 960. The van der Waals surface area contributed by atoms with Gasteiger partial charge < -0.3 is 10.1 Å². The normalized spacial score (nSPS) is 18.2. The number of esters is 1. The number of benzene rings is 2. The van der Waals surface area contributed by atoms with Gasteiger partial charge in [0.25, 0.3) is 11.6 Å².